The quantitative estimate of drug-likeness (QED) is 0.582. The maximum Gasteiger partial charge on any atom is 0.363 e. The molecule has 9 nitrogen and oxygen atoms in total. The molecule has 0 saturated carbocycles. The number of nitrogens with one attached hydrogen (secondary N) is 2. The largest absolute Gasteiger partial charge is 0.363 e. The van der Waals surface area contributed by atoms with Crippen LogP contribution in [0.1, 0.15) is 0 Å². The molecule has 1 heterocycles. The smallest absolute Gasteiger partial charge is 0.316 e. The third-order valence-electron chi connectivity index (χ3n) is 2.38. The summed E-state index contributed by atoms with van der Waals surface area (Å²) in [5, 5.41) is 26.3. The lowest BCUT2D eigenvalue weighted by Gasteiger charge is -2.21. The van der Waals surface area contributed by atoms with Gasteiger partial charge in [-0.1, -0.05) is 0 Å². The molecule has 1 unspecified atom stereocenters. The van der Waals surface area contributed by atoms with Crippen molar-refractivity contribution in [1.82, 2.24) is 0 Å². The van der Waals surface area contributed by atoms with E-state index in [9.17, 15) is 25.0 Å². The SMILES string of the molecule is O=C1Nc2cc(Br)c(Br)c([N+](=O)[O-])c2NC1[N+](=O)[O-]. The molecule has 0 aromatic heterocycles. The highest BCUT2D eigenvalue weighted by molar-refractivity contribution is 9.13. The number of carbonyl (C=O) groups excluding carboxylic acids is 1. The van der Waals surface area contributed by atoms with Gasteiger partial charge >= 0.3 is 17.8 Å². The van der Waals surface area contributed by atoms with Crippen LogP contribution in [-0.4, -0.2) is 21.9 Å². The molecule has 0 fully saturated rings. The van der Waals surface area contributed by atoms with E-state index in [2.05, 4.69) is 42.5 Å². The van der Waals surface area contributed by atoms with Crippen molar-refractivity contribution in [3.63, 3.8) is 0 Å². The number of benzene rings is 1. The second kappa shape index (κ2) is 4.74. The second-order valence-corrected chi connectivity index (χ2v) is 5.17. The number of nitrogens with zero attached hydrogens (tertiary/aromatic N) is 2. The van der Waals surface area contributed by atoms with E-state index in [0.717, 1.165) is 0 Å². The zero-order chi connectivity index (χ0) is 14.3. The third kappa shape index (κ3) is 2.26. The standard InChI is InChI=1S/C8H4Br2N4O5/c9-2-1-3-5(6(4(2)10)13(16)17)12-7(14(18)19)8(15)11-3/h1,7,12H,(H,11,15). The molecule has 1 aliphatic rings. The normalized spacial score (nSPS) is 17.2. The predicted molar refractivity (Wildman–Crippen MR) is 71.5 cm³/mol. The van der Waals surface area contributed by atoms with E-state index in [0.29, 0.717) is 4.47 Å². The average Bonchev–Trinajstić information content (AvgIpc) is 2.29. The first kappa shape index (κ1) is 13.7. The van der Waals surface area contributed by atoms with Crippen LogP contribution >= 0.6 is 31.9 Å². The molecule has 11 heteroatoms. The fourth-order valence-electron chi connectivity index (χ4n) is 1.58. The maximum atomic E-state index is 11.5. The van der Waals surface area contributed by atoms with E-state index >= 15 is 0 Å². The molecular weight excluding hydrogens is 392 g/mol. The Morgan fingerprint density at radius 2 is 1.89 bits per heavy atom. The van der Waals surface area contributed by atoms with Crippen molar-refractivity contribution in [2.24, 2.45) is 0 Å². The van der Waals surface area contributed by atoms with Crippen LogP contribution in [-0.2, 0) is 4.79 Å². The Morgan fingerprint density at radius 3 is 2.42 bits per heavy atom. The number of hydrogen-bond donors (Lipinski definition) is 2. The van der Waals surface area contributed by atoms with Crippen LogP contribution in [0.4, 0.5) is 17.1 Å². The van der Waals surface area contributed by atoms with E-state index < -0.39 is 27.6 Å². The van der Waals surface area contributed by atoms with Gasteiger partial charge in [-0.15, -0.1) is 0 Å². The van der Waals surface area contributed by atoms with Crippen molar-refractivity contribution in [3.8, 4) is 0 Å². The highest BCUT2D eigenvalue weighted by Gasteiger charge is 2.39. The highest BCUT2D eigenvalue weighted by Crippen LogP contribution is 2.45. The summed E-state index contributed by atoms with van der Waals surface area (Å²) in [7, 11) is 0. The van der Waals surface area contributed by atoms with Gasteiger partial charge in [0.2, 0.25) is 0 Å². The van der Waals surface area contributed by atoms with Gasteiger partial charge in [0.15, 0.2) is 0 Å². The number of amides is 1. The van der Waals surface area contributed by atoms with Crippen molar-refractivity contribution >= 4 is 54.8 Å². The number of rotatable bonds is 2. The van der Waals surface area contributed by atoms with Crippen molar-refractivity contribution in [3.05, 3.63) is 35.2 Å². The number of carbonyl (C=O) groups is 1. The molecular formula is C8H4Br2N4O5. The van der Waals surface area contributed by atoms with E-state index in [4.69, 9.17) is 0 Å². The van der Waals surface area contributed by atoms with Crippen LogP contribution in [0, 0.1) is 20.2 Å². The van der Waals surface area contributed by atoms with Gasteiger partial charge in [0.1, 0.15) is 10.2 Å². The van der Waals surface area contributed by atoms with Crippen molar-refractivity contribution < 1.29 is 14.6 Å². The molecule has 1 amide bonds. The van der Waals surface area contributed by atoms with Gasteiger partial charge in [0.25, 0.3) is 0 Å². The summed E-state index contributed by atoms with van der Waals surface area (Å²) in [5.41, 5.74) is -0.400. The first-order valence-electron chi connectivity index (χ1n) is 4.70. The van der Waals surface area contributed by atoms with Crippen LogP contribution < -0.4 is 10.6 Å². The summed E-state index contributed by atoms with van der Waals surface area (Å²) in [6.07, 6.45) is -1.76. The Balaban J connectivity index is 2.64. The van der Waals surface area contributed by atoms with Crippen LogP contribution in [0.25, 0.3) is 0 Å². The zero-order valence-electron chi connectivity index (χ0n) is 8.85. The minimum Gasteiger partial charge on any atom is -0.316 e. The average molecular weight is 396 g/mol. The minimum atomic E-state index is -1.76. The number of nitro benzene ring substituents is 1. The molecule has 0 saturated heterocycles. The highest BCUT2D eigenvalue weighted by atomic mass is 79.9. The lowest BCUT2D eigenvalue weighted by atomic mass is 10.1. The summed E-state index contributed by atoms with van der Waals surface area (Å²) in [4.78, 5) is 31.6. The van der Waals surface area contributed by atoms with E-state index in [1.54, 1.807) is 0 Å². The first-order valence-corrected chi connectivity index (χ1v) is 6.28. The monoisotopic (exact) mass is 394 g/mol. The lowest BCUT2D eigenvalue weighted by molar-refractivity contribution is -0.500. The zero-order valence-corrected chi connectivity index (χ0v) is 12.0. The van der Waals surface area contributed by atoms with Crippen molar-refractivity contribution in [2.75, 3.05) is 10.6 Å². The molecule has 0 bridgehead atoms. The summed E-state index contributed by atoms with van der Waals surface area (Å²) >= 11 is 6.11. The van der Waals surface area contributed by atoms with Crippen LogP contribution in [0.15, 0.2) is 15.0 Å². The van der Waals surface area contributed by atoms with E-state index in [1.807, 2.05) is 0 Å². The number of anilines is 2. The molecule has 19 heavy (non-hydrogen) atoms. The van der Waals surface area contributed by atoms with Gasteiger partial charge in [-0.2, -0.15) is 0 Å². The van der Waals surface area contributed by atoms with Gasteiger partial charge < -0.3 is 10.6 Å². The number of nitro groups is 2. The van der Waals surface area contributed by atoms with Crippen molar-refractivity contribution in [2.45, 2.75) is 6.17 Å². The van der Waals surface area contributed by atoms with Gasteiger partial charge in [-0.05, 0) is 37.9 Å². The molecule has 1 aromatic rings. The van der Waals surface area contributed by atoms with Crippen LogP contribution in [0.3, 0.4) is 0 Å². The Labute approximate surface area is 121 Å². The Hall–Kier alpha value is -1.75. The summed E-state index contributed by atoms with van der Waals surface area (Å²) in [5.74, 6) is -0.888. The molecule has 1 aliphatic heterocycles. The second-order valence-electron chi connectivity index (χ2n) is 3.52. The van der Waals surface area contributed by atoms with Crippen LogP contribution in [0.5, 0.6) is 0 Å². The molecule has 2 N–H and O–H groups in total. The predicted octanol–water partition coefficient (Wildman–Crippen LogP) is 2.09. The molecule has 2 rings (SSSR count). The van der Waals surface area contributed by atoms with Gasteiger partial charge in [0.05, 0.1) is 15.5 Å². The van der Waals surface area contributed by atoms with Gasteiger partial charge in [0, 0.05) is 4.47 Å². The summed E-state index contributed by atoms with van der Waals surface area (Å²) in [6.45, 7) is 0. The Morgan fingerprint density at radius 1 is 1.26 bits per heavy atom. The number of hydrogen-bond acceptors (Lipinski definition) is 6. The summed E-state index contributed by atoms with van der Waals surface area (Å²) in [6, 6.07) is 1.41. The minimum absolute atomic E-state index is 0.102. The fourth-order valence-corrected chi connectivity index (χ4v) is 2.45. The van der Waals surface area contributed by atoms with Crippen molar-refractivity contribution in [1.29, 1.82) is 0 Å². The summed E-state index contributed by atoms with van der Waals surface area (Å²) < 4.78 is 0.474. The Kier molecular flexibility index (Phi) is 3.41. The molecule has 1 aromatic carbocycles. The molecule has 1 atom stereocenters. The molecule has 100 valence electrons. The molecule has 0 aliphatic carbocycles. The topological polar surface area (TPSA) is 127 Å². The number of halogens is 2. The Bertz CT molecular complexity index is 620. The third-order valence-corrected chi connectivity index (χ3v) is 4.34. The number of fused-ring (bicyclic) bond motifs is 1. The lowest BCUT2D eigenvalue weighted by Crippen LogP contribution is -2.44. The fraction of sp³-hybridized carbons (Fsp3) is 0.125. The van der Waals surface area contributed by atoms with Gasteiger partial charge in [-0.3, -0.25) is 25.0 Å². The first-order chi connectivity index (χ1) is 8.82. The van der Waals surface area contributed by atoms with E-state index in [1.165, 1.54) is 6.07 Å². The molecule has 0 radical (unpaired) electrons. The maximum absolute atomic E-state index is 11.5. The van der Waals surface area contributed by atoms with Crippen LogP contribution in [0.2, 0.25) is 0 Å². The molecule has 0 spiro atoms. The van der Waals surface area contributed by atoms with Gasteiger partial charge in [-0.25, -0.2) is 0 Å². The van der Waals surface area contributed by atoms with E-state index in [-0.39, 0.29) is 15.8 Å².